The number of amides is 1. The Balaban J connectivity index is 1.24. The number of carbonyl (C=O) groups is 1. The van der Waals surface area contributed by atoms with Crippen molar-refractivity contribution in [1.29, 1.82) is 0 Å². The van der Waals surface area contributed by atoms with Crippen LogP contribution in [0.15, 0.2) is 77.7 Å². The van der Waals surface area contributed by atoms with Crippen molar-refractivity contribution in [2.75, 3.05) is 26.2 Å². The molecule has 2 heterocycles. The number of piperazine rings is 1. The van der Waals surface area contributed by atoms with E-state index < -0.39 is 45.4 Å². The molecular formula is C32H34ClF2N3O4S. The molecule has 2 atom stereocenters. The first-order chi connectivity index (χ1) is 20.7. The summed E-state index contributed by atoms with van der Waals surface area (Å²) in [7, 11) is -4.31. The molecule has 0 radical (unpaired) electrons. The van der Waals surface area contributed by atoms with Crippen LogP contribution in [0.2, 0.25) is 5.02 Å². The van der Waals surface area contributed by atoms with E-state index in [1.807, 2.05) is 18.2 Å². The van der Waals surface area contributed by atoms with Crippen molar-refractivity contribution in [3.05, 3.63) is 101 Å². The van der Waals surface area contributed by atoms with Gasteiger partial charge in [-0.3, -0.25) is 4.90 Å². The topological polar surface area (TPSA) is 70.2 Å². The van der Waals surface area contributed by atoms with E-state index in [0.29, 0.717) is 63.8 Å². The van der Waals surface area contributed by atoms with E-state index in [0.717, 1.165) is 24.7 Å². The van der Waals surface area contributed by atoms with Crippen LogP contribution in [0.4, 0.5) is 13.6 Å². The highest BCUT2D eigenvalue weighted by molar-refractivity contribution is 7.89. The highest BCUT2D eigenvalue weighted by Gasteiger charge is 2.60. The molecule has 6 rings (SSSR count). The summed E-state index contributed by atoms with van der Waals surface area (Å²) in [5.74, 6) is -1.13. The first-order valence-corrected chi connectivity index (χ1v) is 16.5. The number of sulfonamides is 1. The number of piperidine rings is 1. The van der Waals surface area contributed by atoms with Crippen LogP contribution < -0.4 is 0 Å². The Morgan fingerprint density at radius 3 is 2.30 bits per heavy atom. The molecule has 0 bridgehead atoms. The van der Waals surface area contributed by atoms with E-state index >= 15 is 0 Å². The summed E-state index contributed by atoms with van der Waals surface area (Å²) in [6.07, 6.45) is 2.13. The lowest BCUT2D eigenvalue weighted by Gasteiger charge is -2.45. The molecule has 228 valence electrons. The largest absolute Gasteiger partial charge is 0.441 e. The minimum Gasteiger partial charge on any atom is -0.441 e. The normalized spacial score (nSPS) is 22.7. The highest BCUT2D eigenvalue weighted by Crippen LogP contribution is 2.53. The van der Waals surface area contributed by atoms with Crippen molar-refractivity contribution in [3.8, 4) is 0 Å². The Labute approximate surface area is 256 Å². The van der Waals surface area contributed by atoms with E-state index in [-0.39, 0.29) is 9.92 Å². The standard InChI is InChI=1S/C32H34ClF2N3O4S/c33-27-21-26(35)12-13-29(27)43(40,41)38-28(24-8-4-9-25(34)20-24)10-5-11-30(38)32(14-15-32)42-31(39)37-18-16-36(17-19-37)22-23-6-2-1-3-7-23/h1-4,6-9,12-13,20-21,28,30H,5,10-11,14-19,22H2/t28-,30+/m0/s1. The molecule has 1 saturated carbocycles. The molecule has 3 fully saturated rings. The van der Waals surface area contributed by atoms with Gasteiger partial charge in [0, 0.05) is 32.7 Å². The van der Waals surface area contributed by atoms with Gasteiger partial charge in [0.25, 0.3) is 0 Å². The molecule has 3 aromatic rings. The van der Waals surface area contributed by atoms with Crippen molar-refractivity contribution in [3.63, 3.8) is 0 Å². The summed E-state index contributed by atoms with van der Waals surface area (Å²) in [5.41, 5.74) is 0.704. The number of rotatable bonds is 7. The number of carbonyl (C=O) groups excluding carboxylic acids is 1. The van der Waals surface area contributed by atoms with Gasteiger partial charge in [-0.2, -0.15) is 4.31 Å². The molecule has 43 heavy (non-hydrogen) atoms. The van der Waals surface area contributed by atoms with Gasteiger partial charge >= 0.3 is 6.09 Å². The van der Waals surface area contributed by atoms with Crippen LogP contribution in [0.1, 0.15) is 49.3 Å². The van der Waals surface area contributed by atoms with Gasteiger partial charge < -0.3 is 9.64 Å². The summed E-state index contributed by atoms with van der Waals surface area (Å²) in [4.78, 5) is 17.2. The minimum atomic E-state index is -4.31. The van der Waals surface area contributed by atoms with Crippen LogP contribution in [0.25, 0.3) is 0 Å². The molecule has 0 aromatic heterocycles. The SMILES string of the molecule is O=C(OC1([C@H]2CCC[C@@H](c3cccc(F)c3)N2S(=O)(=O)c2ccc(F)cc2Cl)CC1)N1CCN(Cc2ccccc2)CC1. The molecule has 2 saturated heterocycles. The fourth-order valence-electron chi connectivity index (χ4n) is 6.43. The van der Waals surface area contributed by atoms with Crippen molar-refractivity contribution in [2.45, 2.75) is 61.2 Å². The lowest BCUT2D eigenvalue weighted by atomic mass is 9.90. The second-order valence-electron chi connectivity index (χ2n) is 11.6. The Hall–Kier alpha value is -3.05. The van der Waals surface area contributed by atoms with Crippen molar-refractivity contribution in [1.82, 2.24) is 14.1 Å². The lowest BCUT2D eigenvalue weighted by Crippen LogP contribution is -2.55. The Kier molecular flexibility index (Phi) is 8.48. The molecule has 0 spiro atoms. The number of hydrogen-bond acceptors (Lipinski definition) is 5. The predicted molar refractivity (Wildman–Crippen MR) is 159 cm³/mol. The lowest BCUT2D eigenvalue weighted by molar-refractivity contribution is -0.0143. The van der Waals surface area contributed by atoms with Crippen molar-refractivity contribution >= 4 is 27.7 Å². The summed E-state index contributed by atoms with van der Waals surface area (Å²) >= 11 is 6.28. The van der Waals surface area contributed by atoms with Crippen LogP contribution in [0.5, 0.6) is 0 Å². The highest BCUT2D eigenvalue weighted by atomic mass is 35.5. The molecule has 1 aliphatic carbocycles. The van der Waals surface area contributed by atoms with Crippen LogP contribution in [-0.2, 0) is 21.3 Å². The third-order valence-electron chi connectivity index (χ3n) is 8.77. The molecule has 0 unspecified atom stereocenters. The fraction of sp³-hybridized carbons (Fsp3) is 0.406. The smallest absolute Gasteiger partial charge is 0.410 e. The average Bonchev–Trinajstić information content (AvgIpc) is 3.78. The number of halogens is 3. The first kappa shape index (κ1) is 30.0. The third kappa shape index (κ3) is 6.29. The van der Waals surface area contributed by atoms with Gasteiger partial charge in [-0.15, -0.1) is 0 Å². The molecular weight excluding hydrogens is 596 g/mol. The molecule has 0 N–H and O–H groups in total. The Morgan fingerprint density at radius 1 is 0.907 bits per heavy atom. The van der Waals surface area contributed by atoms with Gasteiger partial charge in [-0.05, 0) is 73.6 Å². The van der Waals surface area contributed by atoms with Gasteiger partial charge in [0.1, 0.15) is 22.1 Å². The molecule has 3 aliphatic rings. The van der Waals surface area contributed by atoms with Gasteiger partial charge in [0.15, 0.2) is 0 Å². The van der Waals surface area contributed by atoms with E-state index in [2.05, 4.69) is 17.0 Å². The van der Waals surface area contributed by atoms with E-state index in [9.17, 15) is 22.0 Å². The zero-order chi connectivity index (χ0) is 30.2. The maximum absolute atomic E-state index is 14.3. The number of hydrogen-bond donors (Lipinski definition) is 0. The molecule has 1 amide bonds. The van der Waals surface area contributed by atoms with Crippen molar-refractivity contribution < 1.29 is 26.7 Å². The van der Waals surface area contributed by atoms with Crippen LogP contribution in [0.3, 0.4) is 0 Å². The first-order valence-electron chi connectivity index (χ1n) is 14.6. The third-order valence-corrected chi connectivity index (χ3v) is 11.2. The van der Waals surface area contributed by atoms with Crippen molar-refractivity contribution in [2.24, 2.45) is 0 Å². The summed E-state index contributed by atoms with van der Waals surface area (Å²) in [5, 5.41) is -0.238. The quantitative estimate of drug-likeness (QED) is 0.303. The second-order valence-corrected chi connectivity index (χ2v) is 13.8. The molecule has 7 nitrogen and oxygen atoms in total. The fourth-order valence-corrected chi connectivity index (χ4v) is 8.85. The van der Waals surface area contributed by atoms with Crippen LogP contribution in [-0.4, -0.2) is 66.4 Å². The number of ether oxygens (including phenoxy) is 1. The maximum Gasteiger partial charge on any atom is 0.410 e. The van der Waals surface area contributed by atoms with Gasteiger partial charge in [0.2, 0.25) is 10.0 Å². The minimum absolute atomic E-state index is 0.236. The molecule has 2 aliphatic heterocycles. The van der Waals surface area contributed by atoms with Gasteiger partial charge in [-0.25, -0.2) is 22.0 Å². The van der Waals surface area contributed by atoms with E-state index in [1.165, 1.54) is 22.0 Å². The molecule has 11 heteroatoms. The number of benzene rings is 3. The Morgan fingerprint density at radius 2 is 1.63 bits per heavy atom. The summed E-state index contributed by atoms with van der Waals surface area (Å²) in [6, 6.07) is 17.8. The predicted octanol–water partition coefficient (Wildman–Crippen LogP) is 6.39. The average molecular weight is 630 g/mol. The van der Waals surface area contributed by atoms with Gasteiger partial charge in [-0.1, -0.05) is 54.1 Å². The van der Waals surface area contributed by atoms with E-state index in [4.69, 9.17) is 16.3 Å². The summed E-state index contributed by atoms with van der Waals surface area (Å²) in [6.45, 7) is 3.21. The van der Waals surface area contributed by atoms with E-state index in [1.54, 1.807) is 17.0 Å². The maximum atomic E-state index is 14.3. The number of nitrogens with zero attached hydrogens (tertiary/aromatic N) is 3. The van der Waals surface area contributed by atoms with Crippen LogP contribution in [0, 0.1) is 11.6 Å². The zero-order valence-electron chi connectivity index (χ0n) is 23.7. The second kappa shape index (κ2) is 12.1. The monoisotopic (exact) mass is 629 g/mol. The van der Waals surface area contributed by atoms with Crippen LogP contribution >= 0.6 is 11.6 Å². The summed E-state index contributed by atoms with van der Waals surface area (Å²) < 4.78 is 64.4. The van der Waals surface area contributed by atoms with Gasteiger partial charge in [0.05, 0.1) is 17.1 Å². The Bertz CT molecular complexity index is 1580. The zero-order valence-corrected chi connectivity index (χ0v) is 25.2. The molecule has 3 aromatic carbocycles.